The number of benzene rings is 3. The first-order chi connectivity index (χ1) is 11.1. The summed E-state index contributed by atoms with van der Waals surface area (Å²) in [6.07, 6.45) is 0. The van der Waals surface area contributed by atoms with Gasteiger partial charge >= 0.3 is 0 Å². The molecule has 0 aliphatic heterocycles. The van der Waals surface area contributed by atoms with Crippen molar-refractivity contribution in [3.05, 3.63) is 95.6 Å². The molecule has 0 bridgehead atoms. The summed E-state index contributed by atoms with van der Waals surface area (Å²) in [4.78, 5) is 0. The van der Waals surface area contributed by atoms with Crippen LogP contribution in [0.5, 0.6) is 0 Å². The van der Waals surface area contributed by atoms with Crippen LogP contribution in [0, 0.1) is 6.92 Å². The molecule has 0 aliphatic rings. The predicted molar refractivity (Wildman–Crippen MR) is 98.2 cm³/mol. The Labute approximate surface area is 137 Å². The summed E-state index contributed by atoms with van der Waals surface area (Å²) in [5.74, 6) is 0. The largest absolute Gasteiger partial charge is 0.397 e. The first-order valence-corrected chi connectivity index (χ1v) is 7.63. The van der Waals surface area contributed by atoms with Crippen molar-refractivity contribution < 1.29 is 0 Å². The fourth-order valence-electron chi connectivity index (χ4n) is 2.52. The molecule has 3 aromatic rings. The first-order valence-electron chi connectivity index (χ1n) is 7.63. The third-order valence-corrected chi connectivity index (χ3v) is 3.96. The van der Waals surface area contributed by atoms with Gasteiger partial charge in [-0.15, -0.1) is 0 Å². The maximum absolute atomic E-state index is 6.25. The van der Waals surface area contributed by atoms with E-state index in [0.29, 0.717) is 11.4 Å². The average Bonchev–Trinajstić information content (AvgIpc) is 2.62. The molecule has 0 unspecified atom stereocenters. The van der Waals surface area contributed by atoms with E-state index in [1.54, 1.807) is 0 Å². The van der Waals surface area contributed by atoms with Crippen LogP contribution in [0.25, 0.3) is 22.5 Å². The van der Waals surface area contributed by atoms with Gasteiger partial charge in [0.25, 0.3) is 0 Å². The minimum Gasteiger partial charge on any atom is -0.397 e. The molecule has 0 atom stereocenters. The van der Waals surface area contributed by atoms with Gasteiger partial charge < -0.3 is 11.5 Å². The van der Waals surface area contributed by atoms with Crippen LogP contribution in [0.4, 0.5) is 0 Å². The molecule has 23 heavy (non-hydrogen) atoms. The van der Waals surface area contributed by atoms with Crippen LogP contribution >= 0.6 is 0 Å². The smallest absolute Gasteiger partial charge is 0.0627 e. The lowest BCUT2D eigenvalue weighted by Crippen LogP contribution is -2.07. The highest BCUT2D eigenvalue weighted by atomic mass is 14.7. The third-order valence-electron chi connectivity index (χ3n) is 3.96. The normalized spacial score (nSPS) is 11.9. The molecule has 0 amide bonds. The van der Waals surface area contributed by atoms with E-state index < -0.39 is 0 Å². The van der Waals surface area contributed by atoms with Crippen LogP contribution in [0.15, 0.2) is 78.9 Å². The molecular weight excluding hydrogens is 280 g/mol. The van der Waals surface area contributed by atoms with Gasteiger partial charge in [0.2, 0.25) is 0 Å². The molecular formula is C21H20N2. The molecule has 0 aromatic heterocycles. The quantitative estimate of drug-likeness (QED) is 0.704. The Morgan fingerprint density at radius 3 is 1.52 bits per heavy atom. The van der Waals surface area contributed by atoms with Crippen molar-refractivity contribution in [3.63, 3.8) is 0 Å². The molecule has 0 fully saturated rings. The third kappa shape index (κ3) is 3.27. The average molecular weight is 300 g/mol. The Morgan fingerprint density at radius 1 is 0.565 bits per heavy atom. The molecule has 2 nitrogen and oxygen atoms in total. The lowest BCUT2D eigenvalue weighted by atomic mass is 10.0. The molecule has 2 heteroatoms. The fourth-order valence-corrected chi connectivity index (χ4v) is 2.52. The van der Waals surface area contributed by atoms with Crippen LogP contribution in [0.2, 0.25) is 0 Å². The van der Waals surface area contributed by atoms with E-state index >= 15 is 0 Å². The van der Waals surface area contributed by atoms with Crippen molar-refractivity contribution in [2.24, 2.45) is 11.5 Å². The van der Waals surface area contributed by atoms with Crippen molar-refractivity contribution in [2.45, 2.75) is 6.92 Å². The van der Waals surface area contributed by atoms with Crippen LogP contribution in [0.3, 0.4) is 0 Å². The number of rotatable bonds is 3. The lowest BCUT2D eigenvalue weighted by molar-refractivity contribution is 1.41. The Morgan fingerprint density at radius 2 is 1.00 bits per heavy atom. The first kappa shape index (κ1) is 14.9. The Bertz CT molecular complexity index is 814. The monoisotopic (exact) mass is 300 g/mol. The van der Waals surface area contributed by atoms with E-state index in [-0.39, 0.29) is 0 Å². The zero-order valence-electron chi connectivity index (χ0n) is 13.2. The Kier molecular flexibility index (Phi) is 4.15. The van der Waals surface area contributed by atoms with Gasteiger partial charge in [-0.25, -0.2) is 0 Å². The standard InChI is InChI=1S/C21H20N2/c1-15-7-9-18(10-8-15)20(22)21(23)19-13-11-17(12-14-19)16-5-3-2-4-6-16/h2-14H,22-23H2,1H3/b21-20+. The Hall–Kier alpha value is -3.00. The van der Waals surface area contributed by atoms with E-state index in [1.165, 1.54) is 11.1 Å². The highest BCUT2D eigenvalue weighted by Crippen LogP contribution is 2.23. The number of nitrogens with two attached hydrogens (primary N) is 2. The van der Waals surface area contributed by atoms with E-state index in [2.05, 4.69) is 31.2 Å². The summed E-state index contributed by atoms with van der Waals surface area (Å²) in [6, 6.07) is 26.5. The molecule has 114 valence electrons. The van der Waals surface area contributed by atoms with Gasteiger partial charge in [0.1, 0.15) is 0 Å². The van der Waals surface area contributed by atoms with Crippen LogP contribution in [-0.4, -0.2) is 0 Å². The summed E-state index contributed by atoms with van der Waals surface area (Å²) < 4.78 is 0. The summed E-state index contributed by atoms with van der Waals surface area (Å²) in [5.41, 5.74) is 19.1. The lowest BCUT2D eigenvalue weighted by Gasteiger charge is -2.10. The molecule has 3 aromatic carbocycles. The summed E-state index contributed by atoms with van der Waals surface area (Å²) in [7, 11) is 0. The molecule has 0 saturated heterocycles. The SMILES string of the molecule is Cc1ccc(/C(N)=C(\N)c2ccc(-c3ccccc3)cc2)cc1. The van der Waals surface area contributed by atoms with Crippen molar-refractivity contribution in [1.29, 1.82) is 0 Å². The molecule has 0 heterocycles. The molecule has 3 rings (SSSR count). The minimum atomic E-state index is 0.605. The van der Waals surface area contributed by atoms with Gasteiger partial charge in [-0.2, -0.15) is 0 Å². The van der Waals surface area contributed by atoms with Crippen molar-refractivity contribution in [3.8, 4) is 11.1 Å². The fraction of sp³-hybridized carbons (Fsp3) is 0.0476. The van der Waals surface area contributed by atoms with Crippen LogP contribution in [-0.2, 0) is 0 Å². The van der Waals surface area contributed by atoms with Crippen molar-refractivity contribution in [2.75, 3.05) is 0 Å². The van der Waals surface area contributed by atoms with Gasteiger partial charge in [0.15, 0.2) is 0 Å². The predicted octanol–water partition coefficient (Wildman–Crippen LogP) is 4.41. The second kappa shape index (κ2) is 6.41. The van der Waals surface area contributed by atoms with E-state index in [1.807, 2.05) is 54.6 Å². The van der Waals surface area contributed by atoms with Crippen LogP contribution in [0.1, 0.15) is 16.7 Å². The molecule has 0 spiro atoms. The zero-order valence-corrected chi connectivity index (χ0v) is 13.2. The number of hydrogen-bond donors (Lipinski definition) is 2. The van der Waals surface area contributed by atoms with Crippen molar-refractivity contribution in [1.82, 2.24) is 0 Å². The Balaban J connectivity index is 1.92. The van der Waals surface area contributed by atoms with Gasteiger partial charge in [-0.1, -0.05) is 84.4 Å². The van der Waals surface area contributed by atoms with Crippen LogP contribution < -0.4 is 11.5 Å². The minimum absolute atomic E-state index is 0.605. The molecule has 0 radical (unpaired) electrons. The maximum Gasteiger partial charge on any atom is 0.0627 e. The van der Waals surface area contributed by atoms with Gasteiger partial charge in [0.05, 0.1) is 11.4 Å². The van der Waals surface area contributed by atoms with E-state index in [9.17, 15) is 0 Å². The van der Waals surface area contributed by atoms with Gasteiger partial charge in [0, 0.05) is 0 Å². The highest BCUT2D eigenvalue weighted by molar-refractivity contribution is 5.88. The highest BCUT2D eigenvalue weighted by Gasteiger charge is 2.06. The maximum atomic E-state index is 6.25. The van der Waals surface area contributed by atoms with Gasteiger partial charge in [-0.3, -0.25) is 0 Å². The summed E-state index contributed by atoms with van der Waals surface area (Å²) in [5, 5.41) is 0. The summed E-state index contributed by atoms with van der Waals surface area (Å²) in [6.45, 7) is 2.05. The molecule has 4 N–H and O–H groups in total. The van der Waals surface area contributed by atoms with E-state index in [0.717, 1.165) is 16.7 Å². The number of hydrogen-bond acceptors (Lipinski definition) is 2. The zero-order chi connectivity index (χ0) is 16.2. The molecule has 0 aliphatic carbocycles. The van der Waals surface area contributed by atoms with Crippen molar-refractivity contribution >= 4 is 11.4 Å². The summed E-state index contributed by atoms with van der Waals surface area (Å²) >= 11 is 0. The second-order valence-electron chi connectivity index (χ2n) is 5.64. The molecule has 0 saturated carbocycles. The van der Waals surface area contributed by atoms with Gasteiger partial charge in [-0.05, 0) is 29.2 Å². The van der Waals surface area contributed by atoms with E-state index in [4.69, 9.17) is 11.5 Å². The second-order valence-corrected chi connectivity index (χ2v) is 5.64. The number of aryl methyl sites for hydroxylation is 1. The topological polar surface area (TPSA) is 52.0 Å².